The molecule has 0 radical (unpaired) electrons. The lowest BCUT2D eigenvalue weighted by molar-refractivity contribution is -0.136. The average molecular weight is 440 g/mol. The first-order chi connectivity index (χ1) is 13.6. The average Bonchev–Trinajstić information content (AvgIpc) is 2.63. The van der Waals surface area contributed by atoms with Gasteiger partial charge in [-0.3, -0.25) is 4.79 Å². The summed E-state index contributed by atoms with van der Waals surface area (Å²) in [6.45, 7) is -1.58. The molecule has 0 aliphatic carbocycles. The number of amides is 1. The Balaban J connectivity index is 2.50. The summed E-state index contributed by atoms with van der Waals surface area (Å²) >= 11 is 6.00. The number of aromatic nitrogens is 1. The van der Waals surface area contributed by atoms with Crippen LogP contribution in [0.3, 0.4) is 0 Å². The monoisotopic (exact) mass is 439 g/mol. The number of nitrogens with one attached hydrogen (secondary N) is 1. The zero-order valence-corrected chi connectivity index (χ0v) is 15.9. The van der Waals surface area contributed by atoms with Gasteiger partial charge in [-0.2, -0.15) is 22.0 Å². The highest BCUT2D eigenvalue weighted by molar-refractivity contribution is 6.35. The van der Waals surface area contributed by atoms with E-state index in [0.29, 0.717) is 18.2 Å². The molecule has 0 fully saturated rings. The standard InChI is InChI=1S/C17H15ClF5N3O3/c1-3-8(26-28-2)7-24-15(27)13-6-12(18)10-4-9(29-16(19)20)5-11(14(10)25-13)17(21,22)23/h4-6,16H,3,7H2,1-2H3,(H,24,27). The van der Waals surface area contributed by atoms with Crippen LogP contribution in [0.1, 0.15) is 29.4 Å². The molecule has 0 unspecified atom stereocenters. The van der Waals surface area contributed by atoms with E-state index in [-0.39, 0.29) is 22.6 Å². The summed E-state index contributed by atoms with van der Waals surface area (Å²) in [5, 5.41) is 5.56. The molecule has 1 N–H and O–H groups in total. The summed E-state index contributed by atoms with van der Waals surface area (Å²) in [6, 6.07) is 2.30. The van der Waals surface area contributed by atoms with Crippen LogP contribution in [0.4, 0.5) is 22.0 Å². The van der Waals surface area contributed by atoms with Crippen molar-refractivity contribution in [3.8, 4) is 5.75 Å². The van der Waals surface area contributed by atoms with Crippen molar-refractivity contribution in [3.63, 3.8) is 0 Å². The number of alkyl halides is 5. The van der Waals surface area contributed by atoms with E-state index in [0.717, 1.165) is 12.1 Å². The Labute approximate surface area is 166 Å². The van der Waals surface area contributed by atoms with Crippen LogP contribution in [0.15, 0.2) is 23.4 Å². The van der Waals surface area contributed by atoms with Crippen LogP contribution >= 0.6 is 11.6 Å². The Hall–Kier alpha value is -2.69. The number of oxime groups is 1. The zero-order valence-electron chi connectivity index (χ0n) is 15.1. The van der Waals surface area contributed by atoms with Gasteiger partial charge in [-0.25, -0.2) is 4.98 Å². The molecule has 1 aromatic heterocycles. The van der Waals surface area contributed by atoms with Crippen molar-refractivity contribution in [2.75, 3.05) is 13.7 Å². The van der Waals surface area contributed by atoms with Crippen molar-refractivity contribution in [2.24, 2.45) is 5.16 Å². The van der Waals surface area contributed by atoms with Gasteiger partial charge in [-0.1, -0.05) is 23.7 Å². The minimum Gasteiger partial charge on any atom is -0.435 e. The van der Waals surface area contributed by atoms with E-state index in [4.69, 9.17) is 11.6 Å². The van der Waals surface area contributed by atoms with Crippen LogP contribution in [0.25, 0.3) is 10.9 Å². The number of rotatable bonds is 7. The predicted octanol–water partition coefficient (Wildman–Crippen LogP) is 4.65. The third kappa shape index (κ3) is 5.66. The number of pyridine rings is 1. The van der Waals surface area contributed by atoms with E-state index in [1.165, 1.54) is 7.11 Å². The highest BCUT2D eigenvalue weighted by atomic mass is 35.5. The van der Waals surface area contributed by atoms with E-state index in [1.807, 2.05) is 0 Å². The van der Waals surface area contributed by atoms with Crippen LogP contribution in [-0.4, -0.2) is 36.9 Å². The van der Waals surface area contributed by atoms with E-state index >= 15 is 0 Å². The summed E-state index contributed by atoms with van der Waals surface area (Å²) in [5.74, 6) is -1.53. The summed E-state index contributed by atoms with van der Waals surface area (Å²) in [4.78, 5) is 20.7. The van der Waals surface area contributed by atoms with E-state index in [9.17, 15) is 26.7 Å². The van der Waals surface area contributed by atoms with Crippen molar-refractivity contribution in [3.05, 3.63) is 34.5 Å². The van der Waals surface area contributed by atoms with Gasteiger partial charge in [0, 0.05) is 5.39 Å². The molecule has 0 aliphatic rings. The maximum Gasteiger partial charge on any atom is 0.418 e. The molecule has 158 valence electrons. The predicted molar refractivity (Wildman–Crippen MR) is 95.5 cm³/mol. The van der Waals surface area contributed by atoms with Gasteiger partial charge in [-0.05, 0) is 24.6 Å². The van der Waals surface area contributed by atoms with E-state index < -0.39 is 35.5 Å². The smallest absolute Gasteiger partial charge is 0.418 e. The van der Waals surface area contributed by atoms with Gasteiger partial charge in [0.05, 0.1) is 28.4 Å². The Morgan fingerprint density at radius 1 is 1.31 bits per heavy atom. The Bertz CT molecular complexity index is 935. The zero-order chi connectivity index (χ0) is 21.8. The first kappa shape index (κ1) is 22.6. The summed E-state index contributed by atoms with van der Waals surface area (Å²) < 4.78 is 69.2. The molecule has 1 amide bonds. The lowest BCUT2D eigenvalue weighted by atomic mass is 10.1. The number of hydrogen-bond donors (Lipinski definition) is 1. The van der Waals surface area contributed by atoms with Crippen LogP contribution < -0.4 is 10.1 Å². The maximum absolute atomic E-state index is 13.4. The van der Waals surface area contributed by atoms with Crippen molar-refractivity contribution < 1.29 is 36.3 Å². The van der Waals surface area contributed by atoms with Crippen molar-refractivity contribution >= 4 is 34.1 Å². The molecule has 1 heterocycles. The Morgan fingerprint density at radius 2 is 2.00 bits per heavy atom. The summed E-state index contributed by atoms with van der Waals surface area (Å²) in [7, 11) is 1.33. The third-order valence-corrected chi connectivity index (χ3v) is 3.99. The fourth-order valence-corrected chi connectivity index (χ4v) is 2.64. The fraction of sp³-hybridized carbons (Fsp3) is 0.353. The van der Waals surface area contributed by atoms with Gasteiger partial charge >= 0.3 is 12.8 Å². The lowest BCUT2D eigenvalue weighted by Crippen LogP contribution is -2.30. The van der Waals surface area contributed by atoms with Crippen molar-refractivity contribution in [1.29, 1.82) is 0 Å². The van der Waals surface area contributed by atoms with Crippen LogP contribution in [-0.2, 0) is 11.0 Å². The maximum atomic E-state index is 13.4. The van der Waals surface area contributed by atoms with Gasteiger partial charge in [0.2, 0.25) is 0 Å². The second-order valence-corrected chi connectivity index (χ2v) is 6.02. The molecule has 0 saturated heterocycles. The minimum absolute atomic E-state index is 0.0200. The molecule has 2 aromatic rings. The largest absolute Gasteiger partial charge is 0.435 e. The summed E-state index contributed by atoms with van der Waals surface area (Å²) in [5.41, 5.74) is -1.93. The second kappa shape index (κ2) is 9.21. The SMILES string of the molecule is CCC(CNC(=O)c1cc(Cl)c2cc(OC(F)F)cc(C(F)(F)F)c2n1)=NOC. The van der Waals surface area contributed by atoms with Gasteiger partial charge in [0.15, 0.2) is 0 Å². The highest BCUT2D eigenvalue weighted by Crippen LogP contribution is 2.39. The van der Waals surface area contributed by atoms with Gasteiger partial charge in [0.1, 0.15) is 18.6 Å². The van der Waals surface area contributed by atoms with E-state index in [2.05, 4.69) is 25.0 Å². The van der Waals surface area contributed by atoms with Gasteiger partial charge in [0.25, 0.3) is 5.91 Å². The minimum atomic E-state index is -4.95. The molecule has 0 saturated carbocycles. The number of carbonyl (C=O) groups is 1. The third-order valence-electron chi connectivity index (χ3n) is 3.68. The topological polar surface area (TPSA) is 72.8 Å². The molecule has 0 bridgehead atoms. The summed E-state index contributed by atoms with van der Waals surface area (Å²) in [6.07, 6.45) is -4.49. The Morgan fingerprint density at radius 3 is 2.55 bits per heavy atom. The molecule has 0 spiro atoms. The van der Waals surface area contributed by atoms with Crippen LogP contribution in [0.2, 0.25) is 5.02 Å². The number of halogens is 6. The normalized spacial score (nSPS) is 12.4. The Kier molecular flexibility index (Phi) is 7.17. The molecular weight excluding hydrogens is 425 g/mol. The second-order valence-electron chi connectivity index (χ2n) is 5.61. The van der Waals surface area contributed by atoms with Crippen LogP contribution in [0, 0.1) is 0 Å². The first-order valence-corrected chi connectivity index (χ1v) is 8.48. The van der Waals surface area contributed by atoms with Crippen molar-refractivity contribution in [1.82, 2.24) is 10.3 Å². The van der Waals surface area contributed by atoms with Gasteiger partial charge in [-0.15, -0.1) is 0 Å². The molecule has 1 aromatic carbocycles. The number of benzene rings is 1. The molecule has 29 heavy (non-hydrogen) atoms. The fourth-order valence-electron chi connectivity index (χ4n) is 2.39. The lowest BCUT2D eigenvalue weighted by Gasteiger charge is -2.15. The highest BCUT2D eigenvalue weighted by Gasteiger charge is 2.35. The molecule has 2 rings (SSSR count). The first-order valence-electron chi connectivity index (χ1n) is 8.10. The number of fused-ring (bicyclic) bond motifs is 1. The van der Waals surface area contributed by atoms with Gasteiger partial charge < -0.3 is 14.9 Å². The molecule has 0 atom stereocenters. The molecule has 6 nitrogen and oxygen atoms in total. The number of ether oxygens (including phenoxy) is 1. The molecule has 0 aliphatic heterocycles. The quantitative estimate of drug-likeness (QED) is 0.387. The number of nitrogens with zero attached hydrogens (tertiary/aromatic N) is 2. The molecule has 12 heteroatoms. The van der Waals surface area contributed by atoms with E-state index in [1.54, 1.807) is 6.92 Å². The number of hydrogen-bond acceptors (Lipinski definition) is 5. The van der Waals surface area contributed by atoms with Crippen molar-refractivity contribution in [2.45, 2.75) is 26.1 Å². The number of carbonyl (C=O) groups excluding carboxylic acids is 1. The molecular formula is C17H15ClF5N3O3. The van der Waals surface area contributed by atoms with Crippen LogP contribution in [0.5, 0.6) is 5.75 Å².